The van der Waals surface area contributed by atoms with E-state index >= 15 is 0 Å². The molecule has 0 radical (unpaired) electrons. The quantitative estimate of drug-likeness (QED) is 0.688. The molecule has 1 aliphatic rings. The lowest BCUT2D eigenvalue weighted by Gasteiger charge is -2.18. The molecule has 1 aliphatic heterocycles. The summed E-state index contributed by atoms with van der Waals surface area (Å²) in [7, 11) is 0. The van der Waals surface area contributed by atoms with Gasteiger partial charge in [0.25, 0.3) is 5.91 Å². The zero-order valence-corrected chi connectivity index (χ0v) is 13.8. The fourth-order valence-corrected chi connectivity index (χ4v) is 3.05. The number of hydrogen-bond donors (Lipinski definition) is 3. The minimum absolute atomic E-state index is 0.0169. The molecular formula is C19H18N4O2. The summed E-state index contributed by atoms with van der Waals surface area (Å²) in [5.74, 6) is 0.579. The van der Waals surface area contributed by atoms with Crippen LogP contribution in [0.5, 0.6) is 0 Å². The Labute approximate surface area is 144 Å². The highest BCUT2D eigenvalue weighted by Gasteiger charge is 2.18. The molecule has 2 heterocycles. The van der Waals surface area contributed by atoms with E-state index in [1.807, 2.05) is 37.3 Å². The molecule has 0 bridgehead atoms. The molecule has 0 saturated carbocycles. The Kier molecular flexibility index (Phi) is 3.72. The van der Waals surface area contributed by atoms with Gasteiger partial charge in [0.2, 0.25) is 5.91 Å². The van der Waals surface area contributed by atoms with Crippen molar-refractivity contribution in [2.45, 2.75) is 25.8 Å². The molecule has 6 heteroatoms. The van der Waals surface area contributed by atoms with Crippen LogP contribution in [0.2, 0.25) is 0 Å². The molecule has 1 atom stereocenters. The Morgan fingerprint density at radius 1 is 1.20 bits per heavy atom. The van der Waals surface area contributed by atoms with Gasteiger partial charge in [-0.05, 0) is 49.2 Å². The number of benzene rings is 2. The largest absolute Gasteiger partial charge is 0.342 e. The number of amides is 2. The standard InChI is InChI=1S/C19H18N4O2/c1-11(18-22-15-4-2-3-5-16(15)23-18)20-19(25)13-6-8-14-12(10-13)7-9-17(24)21-14/h2-6,8,10-11H,7,9H2,1H3,(H,20,25)(H,21,24)(H,22,23). The van der Waals surface area contributed by atoms with Gasteiger partial charge in [0.1, 0.15) is 5.82 Å². The van der Waals surface area contributed by atoms with Crippen molar-refractivity contribution in [2.24, 2.45) is 0 Å². The van der Waals surface area contributed by atoms with E-state index in [4.69, 9.17) is 0 Å². The van der Waals surface area contributed by atoms with Gasteiger partial charge in [0.05, 0.1) is 17.1 Å². The van der Waals surface area contributed by atoms with Crippen LogP contribution < -0.4 is 10.6 Å². The van der Waals surface area contributed by atoms with E-state index in [-0.39, 0.29) is 17.9 Å². The van der Waals surface area contributed by atoms with Crippen molar-refractivity contribution in [1.82, 2.24) is 15.3 Å². The molecule has 4 rings (SSSR count). The van der Waals surface area contributed by atoms with Crippen LogP contribution in [-0.4, -0.2) is 21.8 Å². The van der Waals surface area contributed by atoms with Gasteiger partial charge in [0.15, 0.2) is 0 Å². The van der Waals surface area contributed by atoms with E-state index in [1.165, 1.54) is 0 Å². The van der Waals surface area contributed by atoms with Crippen molar-refractivity contribution in [3.05, 3.63) is 59.4 Å². The molecule has 0 saturated heterocycles. The summed E-state index contributed by atoms with van der Waals surface area (Å²) in [4.78, 5) is 31.7. The number of nitrogens with one attached hydrogen (secondary N) is 3. The highest BCUT2D eigenvalue weighted by Crippen LogP contribution is 2.24. The smallest absolute Gasteiger partial charge is 0.251 e. The summed E-state index contributed by atoms with van der Waals surface area (Å²) in [6.07, 6.45) is 1.11. The van der Waals surface area contributed by atoms with E-state index in [0.717, 1.165) is 28.1 Å². The lowest BCUT2D eigenvalue weighted by Crippen LogP contribution is -2.28. The lowest BCUT2D eigenvalue weighted by molar-refractivity contribution is -0.116. The number of anilines is 1. The molecule has 0 spiro atoms. The van der Waals surface area contributed by atoms with Crippen LogP contribution in [0.25, 0.3) is 11.0 Å². The predicted octanol–water partition coefficient (Wildman–Crippen LogP) is 2.94. The molecule has 2 aromatic carbocycles. The number of carbonyl (C=O) groups excluding carboxylic acids is 2. The molecule has 6 nitrogen and oxygen atoms in total. The van der Waals surface area contributed by atoms with E-state index < -0.39 is 0 Å². The van der Waals surface area contributed by atoms with E-state index in [9.17, 15) is 9.59 Å². The van der Waals surface area contributed by atoms with Crippen LogP contribution in [0.15, 0.2) is 42.5 Å². The maximum atomic E-state index is 12.6. The molecular weight excluding hydrogens is 316 g/mol. The zero-order valence-electron chi connectivity index (χ0n) is 13.8. The number of nitrogens with zero attached hydrogens (tertiary/aromatic N) is 1. The number of rotatable bonds is 3. The molecule has 0 aliphatic carbocycles. The molecule has 3 aromatic rings. The van der Waals surface area contributed by atoms with Crippen LogP contribution >= 0.6 is 0 Å². The minimum atomic E-state index is -0.240. The average molecular weight is 334 g/mol. The number of para-hydroxylation sites is 2. The number of H-pyrrole nitrogens is 1. The fraction of sp³-hybridized carbons (Fsp3) is 0.211. The van der Waals surface area contributed by atoms with E-state index in [1.54, 1.807) is 12.1 Å². The van der Waals surface area contributed by atoms with Crippen LogP contribution in [0.3, 0.4) is 0 Å². The summed E-state index contributed by atoms with van der Waals surface area (Å²) in [6.45, 7) is 1.90. The first kappa shape index (κ1) is 15.4. The summed E-state index contributed by atoms with van der Waals surface area (Å²) in [5, 5.41) is 5.79. The number of aromatic amines is 1. The van der Waals surface area contributed by atoms with Crippen molar-refractivity contribution in [2.75, 3.05) is 5.32 Å². The van der Waals surface area contributed by atoms with Crippen LogP contribution in [0, 0.1) is 0 Å². The first-order valence-electron chi connectivity index (χ1n) is 8.28. The number of carbonyl (C=O) groups is 2. The number of imidazole rings is 1. The average Bonchev–Trinajstić information content (AvgIpc) is 3.05. The maximum Gasteiger partial charge on any atom is 0.251 e. The molecule has 0 fully saturated rings. The van der Waals surface area contributed by atoms with Crippen molar-refractivity contribution >= 4 is 28.5 Å². The third-order valence-corrected chi connectivity index (χ3v) is 4.43. The van der Waals surface area contributed by atoms with Gasteiger partial charge in [-0.1, -0.05) is 12.1 Å². The molecule has 126 valence electrons. The normalized spacial score (nSPS) is 14.7. The van der Waals surface area contributed by atoms with Gasteiger partial charge in [-0.2, -0.15) is 0 Å². The molecule has 1 unspecified atom stereocenters. The van der Waals surface area contributed by atoms with Gasteiger partial charge in [-0.3, -0.25) is 9.59 Å². The summed E-state index contributed by atoms with van der Waals surface area (Å²) in [6, 6.07) is 12.9. The Hall–Kier alpha value is -3.15. The molecule has 25 heavy (non-hydrogen) atoms. The zero-order chi connectivity index (χ0) is 17.4. The first-order valence-corrected chi connectivity index (χ1v) is 8.28. The van der Waals surface area contributed by atoms with Gasteiger partial charge in [-0.15, -0.1) is 0 Å². The van der Waals surface area contributed by atoms with Gasteiger partial charge < -0.3 is 15.6 Å². The maximum absolute atomic E-state index is 12.6. The SMILES string of the molecule is CC(NC(=O)c1ccc2c(c1)CCC(=O)N2)c1nc2ccccc2[nH]1. The van der Waals surface area contributed by atoms with Crippen LogP contribution in [-0.2, 0) is 11.2 Å². The van der Waals surface area contributed by atoms with Crippen LogP contribution in [0.1, 0.15) is 41.1 Å². The fourth-order valence-electron chi connectivity index (χ4n) is 3.05. The molecule has 2 amide bonds. The highest BCUT2D eigenvalue weighted by molar-refractivity contribution is 5.98. The second-order valence-corrected chi connectivity index (χ2v) is 6.25. The van der Waals surface area contributed by atoms with Crippen LogP contribution in [0.4, 0.5) is 5.69 Å². The number of aryl methyl sites for hydroxylation is 1. The predicted molar refractivity (Wildman–Crippen MR) is 95.4 cm³/mol. The van der Waals surface area contributed by atoms with Crippen molar-refractivity contribution in [3.8, 4) is 0 Å². The lowest BCUT2D eigenvalue weighted by atomic mass is 10.00. The van der Waals surface area contributed by atoms with E-state index in [0.29, 0.717) is 18.4 Å². The van der Waals surface area contributed by atoms with Crippen molar-refractivity contribution in [1.29, 1.82) is 0 Å². The van der Waals surface area contributed by atoms with Gasteiger partial charge in [-0.25, -0.2) is 4.98 Å². The second-order valence-electron chi connectivity index (χ2n) is 6.25. The summed E-state index contributed by atoms with van der Waals surface area (Å²) in [5.41, 5.74) is 4.19. The Morgan fingerprint density at radius 2 is 2.04 bits per heavy atom. The number of aromatic nitrogens is 2. The summed E-state index contributed by atoms with van der Waals surface area (Å²) < 4.78 is 0. The van der Waals surface area contributed by atoms with E-state index in [2.05, 4.69) is 20.6 Å². The monoisotopic (exact) mass is 334 g/mol. The second kappa shape index (κ2) is 6.05. The Balaban J connectivity index is 1.52. The number of hydrogen-bond acceptors (Lipinski definition) is 3. The molecule has 3 N–H and O–H groups in total. The third kappa shape index (κ3) is 2.98. The van der Waals surface area contributed by atoms with Crippen molar-refractivity contribution in [3.63, 3.8) is 0 Å². The molecule has 1 aromatic heterocycles. The summed E-state index contributed by atoms with van der Waals surface area (Å²) >= 11 is 0. The Bertz CT molecular complexity index is 943. The number of fused-ring (bicyclic) bond motifs is 2. The Morgan fingerprint density at radius 3 is 2.88 bits per heavy atom. The third-order valence-electron chi connectivity index (χ3n) is 4.43. The topological polar surface area (TPSA) is 86.9 Å². The van der Waals surface area contributed by atoms with Crippen molar-refractivity contribution < 1.29 is 9.59 Å². The van der Waals surface area contributed by atoms with Gasteiger partial charge >= 0.3 is 0 Å². The highest BCUT2D eigenvalue weighted by atomic mass is 16.2. The first-order chi connectivity index (χ1) is 12.1. The van der Waals surface area contributed by atoms with Gasteiger partial charge in [0, 0.05) is 17.7 Å². The minimum Gasteiger partial charge on any atom is -0.342 e.